The van der Waals surface area contributed by atoms with E-state index in [1.165, 1.54) is 12.1 Å². The molecule has 0 saturated carbocycles. The smallest absolute Gasteiger partial charge is 0.274 e. The molecule has 1 amide bonds. The monoisotopic (exact) mass is 380 g/mol. The fourth-order valence-corrected chi connectivity index (χ4v) is 2.67. The fourth-order valence-electron chi connectivity index (χ4n) is 2.67. The van der Waals surface area contributed by atoms with E-state index in [1.807, 2.05) is 12.1 Å². The van der Waals surface area contributed by atoms with Crippen LogP contribution in [0.1, 0.15) is 21.7 Å². The lowest BCUT2D eigenvalue weighted by atomic mass is 10.1. The van der Waals surface area contributed by atoms with Gasteiger partial charge in [0.2, 0.25) is 5.95 Å². The molecule has 6 nitrogen and oxygen atoms in total. The van der Waals surface area contributed by atoms with Gasteiger partial charge in [0.1, 0.15) is 17.3 Å². The van der Waals surface area contributed by atoms with Crippen LogP contribution in [0.2, 0.25) is 0 Å². The third-order valence-electron chi connectivity index (χ3n) is 4.05. The number of rotatable bonds is 7. The molecule has 3 rings (SSSR count). The van der Waals surface area contributed by atoms with Crippen LogP contribution in [0.5, 0.6) is 5.75 Å². The predicted molar refractivity (Wildman–Crippen MR) is 106 cm³/mol. The van der Waals surface area contributed by atoms with E-state index < -0.39 is 0 Å². The van der Waals surface area contributed by atoms with Crippen molar-refractivity contribution in [1.82, 2.24) is 9.97 Å². The van der Waals surface area contributed by atoms with E-state index in [4.69, 9.17) is 4.74 Å². The topological polar surface area (TPSA) is 76.1 Å². The van der Waals surface area contributed by atoms with Gasteiger partial charge in [-0.25, -0.2) is 14.4 Å². The number of aryl methyl sites for hydroxylation is 1. The van der Waals surface area contributed by atoms with Gasteiger partial charge >= 0.3 is 0 Å². The number of carbonyl (C=O) groups is 1. The highest BCUT2D eigenvalue weighted by atomic mass is 19.1. The quantitative estimate of drug-likeness (QED) is 0.651. The second-order valence-corrected chi connectivity index (χ2v) is 6.18. The molecule has 0 aliphatic heterocycles. The molecular formula is C21H21FN4O2. The molecule has 2 aromatic carbocycles. The van der Waals surface area contributed by atoms with Crippen LogP contribution in [0.25, 0.3) is 0 Å². The number of nitrogens with zero attached hydrogens (tertiary/aromatic N) is 2. The Bertz CT molecular complexity index is 961. The van der Waals surface area contributed by atoms with Crippen LogP contribution < -0.4 is 15.4 Å². The van der Waals surface area contributed by atoms with Gasteiger partial charge in [-0.3, -0.25) is 4.79 Å². The van der Waals surface area contributed by atoms with E-state index in [-0.39, 0.29) is 17.4 Å². The Morgan fingerprint density at radius 3 is 2.61 bits per heavy atom. The normalized spacial score (nSPS) is 10.4. The van der Waals surface area contributed by atoms with Gasteiger partial charge in [-0.05, 0) is 49.2 Å². The number of para-hydroxylation sites is 2. The Balaban J connectivity index is 1.66. The Labute approximate surface area is 162 Å². The fraction of sp³-hybridized carbons (Fsp3) is 0.190. The molecule has 0 bridgehead atoms. The first-order chi connectivity index (χ1) is 13.5. The first kappa shape index (κ1) is 19.3. The minimum absolute atomic E-state index is 0.252. The molecule has 0 radical (unpaired) electrons. The average Bonchev–Trinajstić information content (AvgIpc) is 2.69. The molecule has 0 saturated heterocycles. The van der Waals surface area contributed by atoms with Crippen molar-refractivity contribution in [3.8, 4) is 5.75 Å². The number of halogens is 1. The highest BCUT2D eigenvalue weighted by Crippen LogP contribution is 2.23. The van der Waals surface area contributed by atoms with Crippen LogP contribution in [0.3, 0.4) is 0 Å². The third kappa shape index (κ3) is 5.03. The molecule has 144 valence electrons. The van der Waals surface area contributed by atoms with E-state index in [1.54, 1.807) is 44.4 Å². The molecular weight excluding hydrogens is 359 g/mol. The van der Waals surface area contributed by atoms with Crippen LogP contribution in [0, 0.1) is 12.7 Å². The van der Waals surface area contributed by atoms with Crippen molar-refractivity contribution in [3.63, 3.8) is 0 Å². The van der Waals surface area contributed by atoms with Crippen molar-refractivity contribution in [2.24, 2.45) is 0 Å². The largest absolute Gasteiger partial charge is 0.495 e. The van der Waals surface area contributed by atoms with E-state index in [2.05, 4.69) is 20.6 Å². The SMILES string of the molecule is COc1ccccc1NC(=O)c1cc(C)nc(NCCc2ccc(F)cc2)n1. The number of nitrogens with one attached hydrogen (secondary N) is 2. The minimum atomic E-state index is -0.350. The molecule has 0 fully saturated rings. The highest BCUT2D eigenvalue weighted by molar-refractivity contribution is 6.03. The number of amides is 1. The minimum Gasteiger partial charge on any atom is -0.495 e. The predicted octanol–water partition coefficient (Wildman–Crippen LogP) is 3.84. The molecule has 0 aliphatic carbocycles. The molecule has 3 aromatic rings. The summed E-state index contributed by atoms with van der Waals surface area (Å²) >= 11 is 0. The molecule has 28 heavy (non-hydrogen) atoms. The number of benzene rings is 2. The van der Waals surface area contributed by atoms with Crippen LogP contribution in [0.4, 0.5) is 16.0 Å². The van der Waals surface area contributed by atoms with Crippen molar-refractivity contribution >= 4 is 17.5 Å². The second-order valence-electron chi connectivity index (χ2n) is 6.18. The number of methoxy groups -OCH3 is 1. The van der Waals surface area contributed by atoms with Crippen molar-refractivity contribution in [1.29, 1.82) is 0 Å². The first-order valence-corrected chi connectivity index (χ1v) is 8.83. The molecule has 1 aromatic heterocycles. The summed E-state index contributed by atoms with van der Waals surface area (Å²) in [5, 5.41) is 5.91. The van der Waals surface area contributed by atoms with Gasteiger partial charge in [-0.2, -0.15) is 0 Å². The summed E-state index contributed by atoms with van der Waals surface area (Å²) in [7, 11) is 1.54. The van der Waals surface area contributed by atoms with Crippen LogP contribution in [0.15, 0.2) is 54.6 Å². The molecule has 0 unspecified atom stereocenters. The van der Waals surface area contributed by atoms with Gasteiger partial charge in [0.05, 0.1) is 12.8 Å². The lowest BCUT2D eigenvalue weighted by Gasteiger charge is -2.11. The standard InChI is InChI=1S/C21H21FN4O2/c1-14-13-18(20(27)25-17-5-3-4-6-19(17)28-2)26-21(24-14)23-12-11-15-7-9-16(22)10-8-15/h3-10,13H,11-12H2,1-2H3,(H,25,27)(H,23,24,26). The van der Waals surface area contributed by atoms with Gasteiger partial charge < -0.3 is 15.4 Å². The van der Waals surface area contributed by atoms with Crippen LogP contribution in [-0.2, 0) is 6.42 Å². The summed E-state index contributed by atoms with van der Waals surface area (Å²) in [6, 6.07) is 15.1. The second kappa shape index (κ2) is 8.94. The molecule has 1 heterocycles. The van der Waals surface area contributed by atoms with E-state index in [0.717, 1.165) is 5.56 Å². The molecule has 0 spiro atoms. The highest BCUT2D eigenvalue weighted by Gasteiger charge is 2.13. The molecule has 0 aliphatic rings. The average molecular weight is 380 g/mol. The first-order valence-electron chi connectivity index (χ1n) is 8.83. The van der Waals surface area contributed by atoms with Crippen molar-refractivity contribution < 1.29 is 13.9 Å². The van der Waals surface area contributed by atoms with E-state index >= 15 is 0 Å². The Kier molecular flexibility index (Phi) is 6.16. The summed E-state index contributed by atoms with van der Waals surface area (Å²) in [4.78, 5) is 21.2. The van der Waals surface area contributed by atoms with Gasteiger partial charge in [-0.15, -0.1) is 0 Å². The summed E-state index contributed by atoms with van der Waals surface area (Å²) in [6.45, 7) is 2.36. The van der Waals surface area contributed by atoms with Crippen molar-refractivity contribution in [3.05, 3.63) is 77.4 Å². The van der Waals surface area contributed by atoms with Gasteiger partial charge in [0, 0.05) is 12.2 Å². The summed E-state index contributed by atoms with van der Waals surface area (Å²) in [5.74, 6) is 0.326. The van der Waals surface area contributed by atoms with Crippen molar-refractivity contribution in [2.75, 3.05) is 24.3 Å². The number of hydrogen-bond donors (Lipinski definition) is 2. The third-order valence-corrected chi connectivity index (χ3v) is 4.05. The maximum atomic E-state index is 13.0. The molecule has 7 heteroatoms. The maximum Gasteiger partial charge on any atom is 0.274 e. The maximum absolute atomic E-state index is 13.0. The number of anilines is 2. The number of ether oxygens (including phenoxy) is 1. The van der Waals surface area contributed by atoms with Crippen LogP contribution >= 0.6 is 0 Å². The summed E-state index contributed by atoms with van der Waals surface area (Å²) < 4.78 is 18.2. The number of aromatic nitrogens is 2. The summed E-state index contributed by atoms with van der Waals surface area (Å²) in [6.07, 6.45) is 0.681. The Morgan fingerprint density at radius 1 is 1.11 bits per heavy atom. The van der Waals surface area contributed by atoms with Gasteiger partial charge in [0.15, 0.2) is 0 Å². The van der Waals surface area contributed by atoms with Crippen molar-refractivity contribution in [2.45, 2.75) is 13.3 Å². The van der Waals surface area contributed by atoms with Gasteiger partial charge in [-0.1, -0.05) is 24.3 Å². The van der Waals surface area contributed by atoms with Crippen LogP contribution in [-0.4, -0.2) is 29.5 Å². The number of hydrogen-bond acceptors (Lipinski definition) is 5. The summed E-state index contributed by atoms with van der Waals surface area (Å²) in [5.41, 5.74) is 2.49. The zero-order valence-corrected chi connectivity index (χ0v) is 15.7. The lowest BCUT2D eigenvalue weighted by molar-refractivity contribution is 0.102. The zero-order valence-electron chi connectivity index (χ0n) is 15.7. The lowest BCUT2D eigenvalue weighted by Crippen LogP contribution is -2.17. The Hall–Kier alpha value is -3.48. The Morgan fingerprint density at radius 2 is 1.86 bits per heavy atom. The molecule has 0 atom stereocenters. The zero-order chi connectivity index (χ0) is 19.9. The van der Waals surface area contributed by atoms with Gasteiger partial charge in [0.25, 0.3) is 5.91 Å². The van der Waals surface area contributed by atoms with E-state index in [0.29, 0.717) is 36.0 Å². The number of carbonyl (C=O) groups excluding carboxylic acids is 1. The van der Waals surface area contributed by atoms with E-state index in [9.17, 15) is 9.18 Å². The molecule has 2 N–H and O–H groups in total.